The maximum absolute atomic E-state index is 12.0. The largest absolute Gasteiger partial charge is 0.481 e. The molecule has 8 heteroatoms. The van der Waals surface area contributed by atoms with E-state index in [1.807, 2.05) is 30.3 Å². The average Bonchev–Trinajstić information content (AvgIpc) is 2.61. The van der Waals surface area contributed by atoms with E-state index in [1.165, 1.54) is 0 Å². The lowest BCUT2D eigenvalue weighted by molar-refractivity contribution is -0.127. The Bertz CT molecular complexity index is 744. The number of amides is 1. The van der Waals surface area contributed by atoms with Crippen molar-refractivity contribution in [2.45, 2.75) is 19.6 Å². The molecule has 0 aliphatic heterocycles. The van der Waals surface area contributed by atoms with Crippen molar-refractivity contribution in [1.29, 1.82) is 0 Å². The molecule has 5 nitrogen and oxygen atoms in total. The first-order valence-electron chi connectivity index (χ1n) is 7.45. The molecule has 0 heterocycles. The minimum absolute atomic E-state index is 0.305. The van der Waals surface area contributed by atoms with Crippen molar-refractivity contribution >= 4 is 46.4 Å². The van der Waals surface area contributed by atoms with E-state index in [2.05, 4.69) is 16.2 Å². The Hall–Kier alpha value is -2.02. The van der Waals surface area contributed by atoms with Crippen LogP contribution in [0.1, 0.15) is 12.5 Å². The summed E-state index contributed by atoms with van der Waals surface area (Å²) in [6.07, 6.45) is -0.748. The van der Waals surface area contributed by atoms with Gasteiger partial charge in [0, 0.05) is 12.6 Å². The number of carbonyl (C=O) groups excluding carboxylic acids is 1. The molecule has 0 bridgehead atoms. The molecule has 0 aliphatic carbocycles. The lowest BCUT2D eigenvalue weighted by Crippen LogP contribution is -2.50. The Morgan fingerprint density at radius 3 is 2.52 bits per heavy atom. The summed E-state index contributed by atoms with van der Waals surface area (Å²) in [7, 11) is 0. The van der Waals surface area contributed by atoms with E-state index in [-0.39, 0.29) is 5.91 Å². The molecule has 0 aromatic heterocycles. The molecular formula is C17H17Cl2N3O2S. The summed E-state index contributed by atoms with van der Waals surface area (Å²) in [5.41, 5.74) is 6.20. The van der Waals surface area contributed by atoms with Crippen molar-refractivity contribution in [2.75, 3.05) is 0 Å². The van der Waals surface area contributed by atoms with Gasteiger partial charge in [-0.1, -0.05) is 53.5 Å². The highest BCUT2D eigenvalue weighted by Gasteiger charge is 2.15. The Balaban J connectivity index is 1.74. The van der Waals surface area contributed by atoms with Crippen molar-refractivity contribution < 1.29 is 9.53 Å². The Kier molecular flexibility index (Phi) is 7.31. The normalized spacial score (nSPS) is 11.3. The minimum atomic E-state index is -0.748. The number of nitrogens with one attached hydrogen (secondary N) is 3. The van der Waals surface area contributed by atoms with Gasteiger partial charge in [0.15, 0.2) is 11.2 Å². The molecule has 1 amide bonds. The Morgan fingerprint density at radius 1 is 1.12 bits per heavy atom. The molecule has 2 rings (SSSR count). The minimum Gasteiger partial charge on any atom is -0.481 e. The van der Waals surface area contributed by atoms with Crippen molar-refractivity contribution in [1.82, 2.24) is 16.2 Å². The van der Waals surface area contributed by atoms with Gasteiger partial charge in [0.1, 0.15) is 5.75 Å². The predicted molar refractivity (Wildman–Crippen MR) is 104 cm³/mol. The molecule has 3 N–H and O–H groups in total. The van der Waals surface area contributed by atoms with E-state index in [1.54, 1.807) is 25.1 Å². The van der Waals surface area contributed by atoms with E-state index < -0.39 is 6.10 Å². The Morgan fingerprint density at radius 2 is 1.84 bits per heavy atom. The van der Waals surface area contributed by atoms with Crippen LogP contribution in [0.4, 0.5) is 0 Å². The van der Waals surface area contributed by atoms with Gasteiger partial charge >= 0.3 is 0 Å². The summed E-state index contributed by atoms with van der Waals surface area (Å²) < 4.78 is 5.51. The average molecular weight is 398 g/mol. The molecule has 0 aliphatic rings. The lowest BCUT2D eigenvalue weighted by atomic mass is 10.2. The van der Waals surface area contributed by atoms with Crippen LogP contribution in [0.25, 0.3) is 0 Å². The molecule has 2 aromatic rings. The number of carbonyl (C=O) groups is 1. The van der Waals surface area contributed by atoms with Gasteiger partial charge in [-0.15, -0.1) is 0 Å². The lowest BCUT2D eigenvalue weighted by Gasteiger charge is -2.16. The molecular weight excluding hydrogens is 381 g/mol. The molecule has 0 saturated carbocycles. The van der Waals surface area contributed by atoms with Gasteiger partial charge in [-0.2, -0.15) is 0 Å². The van der Waals surface area contributed by atoms with Crippen LogP contribution in [0.15, 0.2) is 48.5 Å². The van der Waals surface area contributed by atoms with Crippen LogP contribution >= 0.6 is 35.4 Å². The fourth-order valence-electron chi connectivity index (χ4n) is 1.85. The summed E-state index contributed by atoms with van der Waals surface area (Å²) in [5, 5.41) is 4.07. The fraction of sp³-hybridized carbons (Fsp3) is 0.176. The first kappa shape index (κ1) is 19.3. The van der Waals surface area contributed by atoms with Crippen LogP contribution in [0.3, 0.4) is 0 Å². The first-order valence-corrected chi connectivity index (χ1v) is 8.61. The highest BCUT2D eigenvalue weighted by molar-refractivity contribution is 7.80. The van der Waals surface area contributed by atoms with E-state index in [0.29, 0.717) is 27.5 Å². The zero-order valence-electron chi connectivity index (χ0n) is 13.4. The highest BCUT2D eigenvalue weighted by atomic mass is 35.5. The Labute approximate surface area is 161 Å². The SMILES string of the molecule is C[C@H](Oc1ccc(Cl)c(Cl)c1)C(=O)NNC(=S)NCc1ccccc1. The van der Waals surface area contributed by atoms with E-state index in [4.69, 9.17) is 40.2 Å². The number of thiocarbonyl (C=S) groups is 1. The molecule has 0 unspecified atom stereocenters. The summed E-state index contributed by atoms with van der Waals surface area (Å²) in [5.74, 6) is 0.0664. The van der Waals surface area contributed by atoms with E-state index >= 15 is 0 Å². The van der Waals surface area contributed by atoms with Crippen LogP contribution in [-0.4, -0.2) is 17.1 Å². The van der Waals surface area contributed by atoms with Gasteiger partial charge in [0.2, 0.25) is 0 Å². The molecule has 132 valence electrons. The van der Waals surface area contributed by atoms with Gasteiger partial charge in [0.25, 0.3) is 5.91 Å². The summed E-state index contributed by atoms with van der Waals surface area (Å²) >= 11 is 16.9. The second kappa shape index (κ2) is 9.46. The highest BCUT2D eigenvalue weighted by Crippen LogP contribution is 2.26. The molecule has 2 aromatic carbocycles. The molecule has 0 radical (unpaired) electrons. The van der Waals surface area contributed by atoms with Crippen molar-refractivity contribution in [2.24, 2.45) is 0 Å². The number of benzene rings is 2. The molecule has 25 heavy (non-hydrogen) atoms. The first-order chi connectivity index (χ1) is 12.0. The number of hydrazine groups is 1. The van der Waals surface area contributed by atoms with Crippen LogP contribution in [0, 0.1) is 0 Å². The molecule has 1 atom stereocenters. The zero-order valence-corrected chi connectivity index (χ0v) is 15.7. The monoisotopic (exact) mass is 397 g/mol. The topological polar surface area (TPSA) is 62.4 Å². The number of rotatable bonds is 5. The smallest absolute Gasteiger partial charge is 0.279 e. The van der Waals surface area contributed by atoms with Gasteiger partial charge in [-0.05, 0) is 36.8 Å². The predicted octanol–water partition coefficient (Wildman–Crippen LogP) is 3.46. The fourth-order valence-corrected chi connectivity index (χ4v) is 2.26. The van der Waals surface area contributed by atoms with Gasteiger partial charge < -0.3 is 10.1 Å². The third kappa shape index (κ3) is 6.42. The third-order valence-corrected chi connectivity index (χ3v) is 4.15. The van der Waals surface area contributed by atoms with Crippen LogP contribution in [-0.2, 0) is 11.3 Å². The second-order valence-electron chi connectivity index (χ2n) is 5.12. The zero-order chi connectivity index (χ0) is 18.2. The number of hydrogen-bond acceptors (Lipinski definition) is 3. The van der Waals surface area contributed by atoms with E-state index in [0.717, 1.165) is 5.56 Å². The molecule has 0 fully saturated rings. The molecule has 0 spiro atoms. The van der Waals surface area contributed by atoms with E-state index in [9.17, 15) is 4.79 Å². The van der Waals surface area contributed by atoms with Crippen molar-refractivity contribution in [3.63, 3.8) is 0 Å². The third-order valence-electron chi connectivity index (χ3n) is 3.17. The van der Waals surface area contributed by atoms with Crippen LogP contribution in [0.5, 0.6) is 5.75 Å². The van der Waals surface area contributed by atoms with Gasteiger partial charge in [0.05, 0.1) is 10.0 Å². The van der Waals surface area contributed by atoms with Crippen molar-refractivity contribution in [3.05, 3.63) is 64.1 Å². The van der Waals surface area contributed by atoms with Crippen LogP contribution in [0.2, 0.25) is 10.0 Å². The quantitative estimate of drug-likeness (QED) is 0.532. The van der Waals surface area contributed by atoms with Crippen LogP contribution < -0.4 is 20.9 Å². The number of ether oxygens (including phenoxy) is 1. The maximum Gasteiger partial charge on any atom is 0.279 e. The number of hydrogen-bond donors (Lipinski definition) is 3. The second-order valence-corrected chi connectivity index (χ2v) is 6.34. The van der Waals surface area contributed by atoms with Gasteiger partial charge in [-0.3, -0.25) is 15.6 Å². The summed E-state index contributed by atoms with van der Waals surface area (Å²) in [6.45, 7) is 2.16. The summed E-state index contributed by atoms with van der Waals surface area (Å²) in [6, 6.07) is 14.6. The van der Waals surface area contributed by atoms with Crippen molar-refractivity contribution in [3.8, 4) is 5.75 Å². The van der Waals surface area contributed by atoms with Gasteiger partial charge in [-0.25, -0.2) is 0 Å². The molecule has 0 saturated heterocycles. The summed E-state index contributed by atoms with van der Waals surface area (Å²) in [4.78, 5) is 12.0. The standard InChI is InChI=1S/C17H17Cl2N3O2S/c1-11(24-13-7-8-14(18)15(19)9-13)16(23)21-22-17(25)20-10-12-5-3-2-4-6-12/h2-9,11H,10H2,1H3,(H,21,23)(H2,20,22,25)/t11-/m0/s1. The maximum atomic E-state index is 12.0. The number of halogens is 2.